The van der Waals surface area contributed by atoms with Gasteiger partial charge < -0.3 is 10.2 Å². The first-order valence-electron chi connectivity index (χ1n) is 7.73. The maximum atomic E-state index is 12.4. The lowest BCUT2D eigenvalue weighted by Crippen LogP contribution is -2.52. The second kappa shape index (κ2) is 5.83. The maximum Gasteiger partial charge on any atom is 0.277 e. The van der Waals surface area contributed by atoms with Crippen molar-refractivity contribution < 1.29 is 13.2 Å². The molecule has 2 unspecified atom stereocenters. The highest BCUT2D eigenvalue weighted by Crippen LogP contribution is 2.33. The van der Waals surface area contributed by atoms with Crippen molar-refractivity contribution in [3.8, 4) is 0 Å². The third-order valence-corrected chi connectivity index (χ3v) is 6.07. The number of nitrogens with one attached hydrogen (secondary N) is 1. The zero-order valence-electron chi connectivity index (χ0n) is 12.2. The number of amides is 1. The number of carbonyl (C=O) groups is 1. The van der Waals surface area contributed by atoms with Gasteiger partial charge in [0.25, 0.3) is 10.2 Å². The summed E-state index contributed by atoms with van der Waals surface area (Å²) in [4.78, 5) is 14.1. The highest BCUT2D eigenvalue weighted by molar-refractivity contribution is 7.86. The van der Waals surface area contributed by atoms with E-state index in [4.69, 9.17) is 5.14 Å². The lowest BCUT2D eigenvalue weighted by molar-refractivity contribution is -0.133. The van der Waals surface area contributed by atoms with E-state index in [9.17, 15) is 13.2 Å². The van der Waals surface area contributed by atoms with E-state index in [-0.39, 0.29) is 5.91 Å². The molecule has 3 heterocycles. The second-order valence-corrected chi connectivity index (χ2v) is 8.05. The Kier molecular flexibility index (Phi) is 4.22. The summed E-state index contributed by atoms with van der Waals surface area (Å²) in [6, 6.07) is 1.20. The number of nitrogens with zero attached hydrogens (tertiary/aromatic N) is 2. The molecule has 0 aromatic rings. The van der Waals surface area contributed by atoms with Crippen LogP contribution < -0.4 is 10.5 Å². The number of rotatable bonds is 3. The molecule has 3 aliphatic heterocycles. The number of hydrogen-bond donors (Lipinski definition) is 2. The van der Waals surface area contributed by atoms with Gasteiger partial charge in [-0.15, -0.1) is 0 Å². The van der Waals surface area contributed by atoms with Gasteiger partial charge in [-0.25, -0.2) is 5.14 Å². The molecule has 0 aliphatic carbocycles. The fourth-order valence-corrected chi connectivity index (χ4v) is 4.58. The molecule has 0 spiro atoms. The number of nitrogens with two attached hydrogens (primary N) is 1. The van der Waals surface area contributed by atoms with Crippen molar-refractivity contribution in [3.63, 3.8) is 0 Å². The lowest BCUT2D eigenvalue weighted by Gasteiger charge is -2.35. The molecule has 0 aromatic carbocycles. The van der Waals surface area contributed by atoms with Crippen molar-refractivity contribution in [2.45, 2.75) is 44.2 Å². The van der Waals surface area contributed by atoms with Gasteiger partial charge in [-0.2, -0.15) is 12.7 Å². The maximum absolute atomic E-state index is 12.4. The molecule has 2 atom stereocenters. The molecule has 7 nitrogen and oxygen atoms in total. The molecule has 3 saturated heterocycles. The Morgan fingerprint density at radius 2 is 1.67 bits per heavy atom. The van der Waals surface area contributed by atoms with Gasteiger partial charge in [-0.1, -0.05) is 0 Å². The summed E-state index contributed by atoms with van der Waals surface area (Å²) < 4.78 is 23.7. The number of hydrogen-bond acceptors (Lipinski definition) is 4. The molecule has 8 heteroatoms. The Balaban J connectivity index is 1.48. The van der Waals surface area contributed by atoms with Gasteiger partial charge in [0.2, 0.25) is 5.91 Å². The van der Waals surface area contributed by atoms with Gasteiger partial charge in [-0.3, -0.25) is 4.79 Å². The van der Waals surface area contributed by atoms with Gasteiger partial charge in [0.05, 0.1) is 0 Å². The van der Waals surface area contributed by atoms with Crippen molar-refractivity contribution >= 4 is 16.1 Å². The van der Waals surface area contributed by atoms with Crippen LogP contribution in [0.4, 0.5) is 0 Å². The summed E-state index contributed by atoms with van der Waals surface area (Å²) in [7, 11) is -3.62. The molecule has 3 N–H and O–H groups in total. The Bertz CT molecular complexity index is 490. The van der Waals surface area contributed by atoms with Crippen LogP contribution in [0.1, 0.15) is 32.1 Å². The number of piperidine rings is 1. The van der Waals surface area contributed by atoms with Crippen molar-refractivity contribution in [2.75, 3.05) is 26.2 Å². The third kappa shape index (κ3) is 3.56. The molecular formula is C13H24N4O3S. The van der Waals surface area contributed by atoms with E-state index in [0.29, 0.717) is 50.6 Å². The van der Waals surface area contributed by atoms with Gasteiger partial charge >= 0.3 is 0 Å². The number of carbonyl (C=O) groups excluding carboxylic acids is 1. The second-order valence-electron chi connectivity index (χ2n) is 6.50. The summed E-state index contributed by atoms with van der Waals surface area (Å²) in [5.41, 5.74) is 0. The largest absolute Gasteiger partial charge is 0.340 e. The van der Waals surface area contributed by atoms with Crippen molar-refractivity contribution in [3.05, 3.63) is 0 Å². The predicted octanol–water partition coefficient (Wildman–Crippen LogP) is -0.745. The number of piperazine rings is 1. The molecule has 21 heavy (non-hydrogen) atoms. The molecule has 3 rings (SSSR count). The van der Waals surface area contributed by atoms with Crippen LogP contribution >= 0.6 is 0 Å². The molecule has 0 saturated carbocycles. The fraction of sp³-hybridized carbons (Fsp3) is 0.923. The summed E-state index contributed by atoms with van der Waals surface area (Å²) in [6.07, 6.45) is 5.27. The van der Waals surface area contributed by atoms with Gasteiger partial charge in [0.15, 0.2) is 0 Å². The topological polar surface area (TPSA) is 95.7 Å². The Morgan fingerprint density at radius 3 is 2.19 bits per heavy atom. The molecule has 120 valence electrons. The SMILES string of the molecule is NS(=O)(=O)N1CCN(C(=O)CC2CC3CCC(C2)N3)CC1. The van der Waals surface area contributed by atoms with E-state index >= 15 is 0 Å². The van der Waals surface area contributed by atoms with E-state index in [1.54, 1.807) is 4.90 Å². The molecule has 2 bridgehead atoms. The van der Waals surface area contributed by atoms with Crippen LogP contribution in [0.2, 0.25) is 0 Å². The van der Waals surface area contributed by atoms with Crippen LogP contribution in [-0.4, -0.2) is 61.8 Å². The van der Waals surface area contributed by atoms with E-state index in [1.165, 1.54) is 17.1 Å². The summed E-state index contributed by atoms with van der Waals surface area (Å²) in [5.74, 6) is 0.642. The van der Waals surface area contributed by atoms with Crippen LogP contribution in [-0.2, 0) is 15.0 Å². The predicted molar refractivity (Wildman–Crippen MR) is 78.5 cm³/mol. The Morgan fingerprint density at radius 1 is 1.10 bits per heavy atom. The quantitative estimate of drug-likeness (QED) is 0.716. The van der Waals surface area contributed by atoms with E-state index in [1.807, 2.05) is 0 Å². The lowest BCUT2D eigenvalue weighted by atomic mass is 9.89. The highest BCUT2D eigenvalue weighted by Gasteiger charge is 2.35. The van der Waals surface area contributed by atoms with Crippen LogP contribution in [0.25, 0.3) is 0 Å². The summed E-state index contributed by atoms with van der Waals surface area (Å²) in [6.45, 7) is 1.52. The van der Waals surface area contributed by atoms with Crippen LogP contribution in [0.15, 0.2) is 0 Å². The molecular weight excluding hydrogens is 292 g/mol. The summed E-state index contributed by atoms with van der Waals surface area (Å²) in [5, 5.41) is 8.69. The first-order valence-corrected chi connectivity index (χ1v) is 9.24. The van der Waals surface area contributed by atoms with Crippen LogP contribution in [0, 0.1) is 5.92 Å². The first kappa shape index (κ1) is 15.2. The summed E-state index contributed by atoms with van der Waals surface area (Å²) >= 11 is 0. The van der Waals surface area contributed by atoms with Gasteiger partial charge in [0, 0.05) is 44.7 Å². The molecule has 0 aromatic heterocycles. The Hall–Kier alpha value is -0.700. The first-order chi connectivity index (χ1) is 9.91. The minimum Gasteiger partial charge on any atom is -0.340 e. The average Bonchev–Trinajstić information content (AvgIpc) is 2.77. The van der Waals surface area contributed by atoms with E-state index in [0.717, 1.165) is 12.8 Å². The third-order valence-electron chi connectivity index (χ3n) is 4.99. The fourth-order valence-electron chi connectivity index (χ4n) is 3.91. The zero-order valence-corrected chi connectivity index (χ0v) is 13.0. The van der Waals surface area contributed by atoms with E-state index in [2.05, 4.69) is 5.32 Å². The van der Waals surface area contributed by atoms with Crippen molar-refractivity contribution in [1.82, 2.24) is 14.5 Å². The minimum atomic E-state index is -3.62. The minimum absolute atomic E-state index is 0.162. The van der Waals surface area contributed by atoms with Gasteiger partial charge in [0.1, 0.15) is 0 Å². The standard InChI is InChI=1S/C13H24N4O3S/c14-21(19,20)17-5-3-16(4-6-17)13(18)9-10-7-11-1-2-12(8-10)15-11/h10-12,15H,1-9H2,(H2,14,19,20). The van der Waals surface area contributed by atoms with Crippen LogP contribution in [0.5, 0.6) is 0 Å². The normalized spacial score (nSPS) is 34.1. The molecule has 3 fully saturated rings. The number of fused-ring (bicyclic) bond motifs is 2. The van der Waals surface area contributed by atoms with Crippen LogP contribution in [0.3, 0.4) is 0 Å². The molecule has 3 aliphatic rings. The highest BCUT2D eigenvalue weighted by atomic mass is 32.2. The molecule has 1 amide bonds. The average molecular weight is 316 g/mol. The molecule has 0 radical (unpaired) electrons. The van der Waals surface area contributed by atoms with Crippen molar-refractivity contribution in [2.24, 2.45) is 11.1 Å². The smallest absolute Gasteiger partial charge is 0.277 e. The van der Waals surface area contributed by atoms with E-state index < -0.39 is 10.2 Å². The zero-order chi connectivity index (χ0) is 15.0. The monoisotopic (exact) mass is 316 g/mol. The Labute approximate surface area is 126 Å². The van der Waals surface area contributed by atoms with Crippen molar-refractivity contribution in [1.29, 1.82) is 0 Å². The van der Waals surface area contributed by atoms with Gasteiger partial charge in [-0.05, 0) is 31.6 Å².